The lowest BCUT2D eigenvalue weighted by Gasteiger charge is -2.25. The lowest BCUT2D eigenvalue weighted by molar-refractivity contribution is -0.156. The highest BCUT2D eigenvalue weighted by molar-refractivity contribution is 5.78. The molecule has 0 fully saturated rings. The third-order valence-corrected chi connectivity index (χ3v) is 7.86. The van der Waals surface area contributed by atoms with Gasteiger partial charge in [0.25, 0.3) is 0 Å². The number of ether oxygens (including phenoxy) is 3. The quantitative estimate of drug-likeness (QED) is 0.0955. The van der Waals surface area contributed by atoms with E-state index in [1.54, 1.807) is 7.11 Å². The van der Waals surface area contributed by atoms with Gasteiger partial charge in [-0.15, -0.1) is 0 Å². The molecule has 2 aromatic rings. The lowest BCUT2D eigenvalue weighted by Crippen LogP contribution is -2.38. The van der Waals surface area contributed by atoms with Gasteiger partial charge in [0.15, 0.2) is 0 Å². The maximum Gasteiger partial charge on any atom is 0.308 e. The number of benzene rings is 1. The van der Waals surface area contributed by atoms with Gasteiger partial charge >= 0.3 is 11.9 Å². The number of rotatable bonds is 20. The number of aromatic nitrogens is 2. The Balaban J connectivity index is 2.50. The van der Waals surface area contributed by atoms with Crippen LogP contribution >= 0.6 is 0 Å². The summed E-state index contributed by atoms with van der Waals surface area (Å²) >= 11 is 0. The number of esters is 2. The number of aryl methyl sites for hydroxylation is 1. The summed E-state index contributed by atoms with van der Waals surface area (Å²) in [5, 5.41) is 6.53. The minimum Gasteiger partial charge on any atom is -0.496 e. The van der Waals surface area contributed by atoms with Gasteiger partial charge in [0, 0.05) is 36.1 Å². The number of anilines is 2. The highest BCUT2D eigenvalue weighted by Gasteiger charge is 2.25. The van der Waals surface area contributed by atoms with E-state index in [0.29, 0.717) is 42.1 Å². The van der Waals surface area contributed by atoms with Gasteiger partial charge in [0.05, 0.1) is 25.6 Å². The Morgan fingerprint density at radius 1 is 0.922 bits per heavy atom. The fourth-order valence-electron chi connectivity index (χ4n) is 5.66. The van der Waals surface area contributed by atoms with E-state index in [-0.39, 0.29) is 68.1 Å². The minimum atomic E-state index is -0.625. The first kappa shape index (κ1) is 42.8. The maximum atomic E-state index is 13.4. The molecular formula is C39H60N6O6. The lowest BCUT2D eigenvalue weighted by atomic mass is 9.98. The molecule has 0 aliphatic rings. The zero-order chi connectivity index (χ0) is 38.2. The Kier molecular flexibility index (Phi) is 17.1. The molecule has 12 heteroatoms. The third-order valence-electron chi connectivity index (χ3n) is 7.86. The van der Waals surface area contributed by atoms with Crippen LogP contribution in [0, 0.1) is 6.57 Å². The van der Waals surface area contributed by atoms with Gasteiger partial charge in [-0.05, 0) is 84.6 Å². The van der Waals surface area contributed by atoms with Gasteiger partial charge in [0.2, 0.25) is 18.4 Å². The zero-order valence-corrected chi connectivity index (χ0v) is 32.2. The molecule has 2 atom stereocenters. The molecule has 1 aromatic carbocycles. The summed E-state index contributed by atoms with van der Waals surface area (Å²) in [5.41, 5.74) is 7.97. The van der Waals surface area contributed by atoms with Crippen molar-refractivity contribution in [3.8, 4) is 5.75 Å². The topological polar surface area (TPSA) is 159 Å². The molecule has 1 heterocycles. The Hall–Kier alpha value is -4.40. The van der Waals surface area contributed by atoms with Gasteiger partial charge in [-0.3, -0.25) is 14.4 Å². The number of amides is 1. The van der Waals surface area contributed by atoms with Gasteiger partial charge < -0.3 is 35.4 Å². The van der Waals surface area contributed by atoms with Crippen LogP contribution < -0.4 is 21.1 Å². The average molecular weight is 709 g/mol. The Labute approximate surface area is 304 Å². The van der Waals surface area contributed by atoms with E-state index in [0.717, 1.165) is 36.8 Å². The molecule has 2 rings (SSSR count). The number of nitrogens with zero attached hydrogens (tertiary/aromatic N) is 3. The van der Waals surface area contributed by atoms with Crippen LogP contribution in [0.5, 0.6) is 5.75 Å². The molecule has 0 unspecified atom stereocenters. The number of unbranched alkanes of at least 4 members (excludes halogenated alkanes) is 2. The molecule has 12 nitrogen and oxygen atoms in total. The number of hydrogen-bond acceptors (Lipinski definition) is 10. The van der Waals surface area contributed by atoms with Crippen LogP contribution in [0.25, 0.3) is 4.85 Å². The second kappa shape index (κ2) is 20.4. The number of nitrogen functional groups attached to an aromatic ring is 1. The summed E-state index contributed by atoms with van der Waals surface area (Å²) in [5.74, 6) is 0.221. The van der Waals surface area contributed by atoms with Crippen LogP contribution in [0.2, 0.25) is 0 Å². The molecule has 4 N–H and O–H groups in total. The summed E-state index contributed by atoms with van der Waals surface area (Å²) in [6.45, 7) is 22.7. The number of hydrogen-bond donors (Lipinski definition) is 3. The van der Waals surface area contributed by atoms with Crippen LogP contribution in [0.15, 0.2) is 18.2 Å². The molecular weight excluding hydrogens is 648 g/mol. The molecule has 1 amide bonds. The second-order valence-electron chi connectivity index (χ2n) is 15.0. The molecule has 0 spiro atoms. The van der Waals surface area contributed by atoms with E-state index in [1.807, 2.05) is 59.7 Å². The number of methoxy groups -OCH3 is 1. The first-order valence-electron chi connectivity index (χ1n) is 18.1. The van der Waals surface area contributed by atoms with E-state index < -0.39 is 11.2 Å². The van der Waals surface area contributed by atoms with Crippen LogP contribution in [0.3, 0.4) is 0 Å². The Bertz CT molecular complexity index is 1490. The van der Waals surface area contributed by atoms with Crippen LogP contribution in [0.1, 0.15) is 136 Å². The predicted molar refractivity (Wildman–Crippen MR) is 200 cm³/mol. The fourth-order valence-corrected chi connectivity index (χ4v) is 5.66. The number of carbonyl (C=O) groups is 3. The van der Waals surface area contributed by atoms with E-state index >= 15 is 0 Å². The second-order valence-corrected chi connectivity index (χ2v) is 15.0. The van der Waals surface area contributed by atoms with E-state index in [2.05, 4.69) is 39.3 Å². The summed E-state index contributed by atoms with van der Waals surface area (Å²) < 4.78 is 16.9. The normalized spacial score (nSPS) is 12.7. The molecule has 0 aliphatic carbocycles. The zero-order valence-electron chi connectivity index (χ0n) is 32.2. The molecule has 282 valence electrons. The maximum absolute atomic E-state index is 13.4. The van der Waals surface area contributed by atoms with Crippen molar-refractivity contribution >= 4 is 29.6 Å². The number of carbonyl (C=O) groups excluding carboxylic acids is 3. The first-order chi connectivity index (χ1) is 24.0. The van der Waals surface area contributed by atoms with Crippen LogP contribution in [0.4, 0.5) is 11.8 Å². The summed E-state index contributed by atoms with van der Waals surface area (Å²) in [4.78, 5) is 51.7. The third kappa shape index (κ3) is 16.4. The number of nitrogens with two attached hydrogens (primary N) is 1. The molecule has 0 saturated carbocycles. The monoisotopic (exact) mass is 708 g/mol. The fraction of sp³-hybridized carbons (Fsp3) is 0.641. The van der Waals surface area contributed by atoms with Crippen molar-refractivity contribution in [2.45, 2.75) is 156 Å². The van der Waals surface area contributed by atoms with Crippen molar-refractivity contribution in [3.63, 3.8) is 0 Å². The van der Waals surface area contributed by atoms with Gasteiger partial charge in [-0.25, -0.2) is 11.6 Å². The van der Waals surface area contributed by atoms with Crippen LogP contribution in [-0.2, 0) is 43.2 Å². The summed E-state index contributed by atoms with van der Waals surface area (Å²) in [6.07, 6.45) is 5.79. The predicted octanol–water partition coefficient (Wildman–Crippen LogP) is 7.12. The molecule has 0 radical (unpaired) electrons. The standard InChI is InChI=1S/C39H60N6O6/c1-11-13-15-28(23-34(47)50-38(3,4)5)42-33(46)20-18-31-30(22-27-21-26(25-41-9)17-19-32(27)49-10)36(45-37(40)44-31)43-29(16-14-12-2)24-35(48)51-39(6,7)8/h17,19,21,28-29H,11-16,18,20,22-25H2,1-8,10H3,(H,42,46)(H3,40,43,44,45)/t28-,29-/m0/s1. The highest BCUT2D eigenvalue weighted by atomic mass is 16.6. The van der Waals surface area contributed by atoms with Crippen molar-refractivity contribution in [2.75, 3.05) is 18.2 Å². The highest BCUT2D eigenvalue weighted by Crippen LogP contribution is 2.30. The van der Waals surface area contributed by atoms with Gasteiger partial charge in [-0.2, -0.15) is 4.98 Å². The molecule has 0 saturated heterocycles. The molecule has 0 aliphatic heterocycles. The first-order valence-corrected chi connectivity index (χ1v) is 18.1. The van der Waals surface area contributed by atoms with Crippen LogP contribution in [-0.4, -0.2) is 58.2 Å². The molecule has 1 aromatic heterocycles. The largest absolute Gasteiger partial charge is 0.496 e. The van der Waals surface area contributed by atoms with Crippen molar-refractivity contribution in [1.29, 1.82) is 0 Å². The van der Waals surface area contributed by atoms with Gasteiger partial charge in [0.1, 0.15) is 22.8 Å². The number of nitrogens with one attached hydrogen (secondary N) is 2. The van der Waals surface area contributed by atoms with Crippen molar-refractivity contribution in [1.82, 2.24) is 15.3 Å². The van der Waals surface area contributed by atoms with Crippen molar-refractivity contribution in [3.05, 3.63) is 52.0 Å². The summed E-state index contributed by atoms with van der Waals surface area (Å²) in [7, 11) is 1.59. The molecule has 0 bridgehead atoms. The van der Waals surface area contributed by atoms with Crippen molar-refractivity contribution in [2.24, 2.45) is 0 Å². The van der Waals surface area contributed by atoms with E-state index in [4.69, 9.17) is 26.5 Å². The smallest absolute Gasteiger partial charge is 0.308 e. The summed E-state index contributed by atoms with van der Waals surface area (Å²) in [6, 6.07) is 4.96. The SMILES string of the molecule is [C-]#[N+]Cc1ccc(OC)c(Cc2c(CCC(=O)N[C@@H](CCCC)CC(=O)OC(C)(C)C)nc(N)nc2N[C@@H](CCCC)CC(=O)OC(C)(C)C)c1. The molecule has 51 heavy (non-hydrogen) atoms. The average Bonchev–Trinajstić information content (AvgIpc) is 3.01. The van der Waals surface area contributed by atoms with Gasteiger partial charge in [-0.1, -0.05) is 39.5 Å². The van der Waals surface area contributed by atoms with E-state index in [9.17, 15) is 14.4 Å². The Morgan fingerprint density at radius 2 is 1.51 bits per heavy atom. The van der Waals surface area contributed by atoms with Crippen molar-refractivity contribution < 1.29 is 28.6 Å². The van der Waals surface area contributed by atoms with E-state index in [1.165, 1.54) is 0 Å². The minimum absolute atomic E-state index is 0.0302. The Morgan fingerprint density at radius 3 is 2.06 bits per heavy atom.